The molecule has 172 valence electrons. The highest BCUT2D eigenvalue weighted by atomic mass is 35.5. The number of carbonyl (C=O) groups excluding carboxylic acids is 2. The van der Waals surface area contributed by atoms with Crippen LogP contribution in [0.25, 0.3) is 0 Å². The summed E-state index contributed by atoms with van der Waals surface area (Å²) < 4.78 is 42.0. The van der Waals surface area contributed by atoms with Crippen molar-refractivity contribution in [3.05, 3.63) is 34.9 Å². The molecule has 11 heteroatoms. The SMILES string of the molecule is COc1cc(Cl)c(NC(=O)C[C@@H](C)S(=O)(=O)c2cc3c(cc2C)NC(=O)CO3)c(OC)c1. The number of ether oxygens (including phenoxy) is 3. The molecule has 2 N–H and O–H groups in total. The number of aryl methyl sites for hydroxylation is 1. The first kappa shape index (κ1) is 23.7. The van der Waals surface area contributed by atoms with Crippen molar-refractivity contribution in [3.8, 4) is 17.2 Å². The molecule has 0 aliphatic carbocycles. The van der Waals surface area contributed by atoms with Gasteiger partial charge in [0, 0.05) is 24.6 Å². The number of hydrogen-bond donors (Lipinski definition) is 2. The van der Waals surface area contributed by atoms with Crippen molar-refractivity contribution >= 4 is 44.6 Å². The number of sulfone groups is 1. The highest BCUT2D eigenvalue weighted by molar-refractivity contribution is 7.92. The number of rotatable bonds is 7. The highest BCUT2D eigenvalue weighted by Crippen LogP contribution is 2.38. The molecular formula is C21H23ClN2O7S. The first-order chi connectivity index (χ1) is 15.1. The molecule has 0 saturated heterocycles. The number of amides is 2. The fourth-order valence-electron chi connectivity index (χ4n) is 3.26. The largest absolute Gasteiger partial charge is 0.497 e. The van der Waals surface area contributed by atoms with Crippen molar-refractivity contribution in [2.24, 2.45) is 0 Å². The van der Waals surface area contributed by atoms with Gasteiger partial charge in [0.25, 0.3) is 5.91 Å². The smallest absolute Gasteiger partial charge is 0.262 e. The van der Waals surface area contributed by atoms with E-state index >= 15 is 0 Å². The third-order valence-corrected chi connectivity index (χ3v) is 7.54. The fourth-order valence-corrected chi connectivity index (χ4v) is 5.09. The predicted octanol–water partition coefficient (Wildman–Crippen LogP) is 3.19. The van der Waals surface area contributed by atoms with Gasteiger partial charge < -0.3 is 24.8 Å². The molecule has 0 spiro atoms. The molecule has 1 atom stereocenters. The summed E-state index contributed by atoms with van der Waals surface area (Å²) in [5.74, 6) is 0.126. The Balaban J connectivity index is 1.81. The summed E-state index contributed by atoms with van der Waals surface area (Å²) in [4.78, 5) is 24.2. The van der Waals surface area contributed by atoms with Crippen LogP contribution in [-0.4, -0.2) is 46.3 Å². The lowest BCUT2D eigenvalue weighted by Crippen LogP contribution is -2.27. The average molecular weight is 483 g/mol. The van der Waals surface area contributed by atoms with E-state index in [-0.39, 0.29) is 46.0 Å². The van der Waals surface area contributed by atoms with Crippen molar-refractivity contribution < 1.29 is 32.2 Å². The molecule has 1 aliphatic rings. The van der Waals surface area contributed by atoms with Crippen molar-refractivity contribution in [2.75, 3.05) is 31.5 Å². The summed E-state index contributed by atoms with van der Waals surface area (Å²) in [6, 6.07) is 5.97. The second-order valence-corrected chi connectivity index (χ2v) is 9.99. The number of nitrogens with one attached hydrogen (secondary N) is 2. The van der Waals surface area contributed by atoms with E-state index in [1.165, 1.54) is 39.3 Å². The van der Waals surface area contributed by atoms with Gasteiger partial charge in [-0.1, -0.05) is 11.6 Å². The maximum absolute atomic E-state index is 13.2. The normalized spacial score (nSPS) is 14.0. The summed E-state index contributed by atoms with van der Waals surface area (Å²) in [5, 5.41) is 4.40. The van der Waals surface area contributed by atoms with Crippen LogP contribution in [0, 0.1) is 6.92 Å². The van der Waals surface area contributed by atoms with Crippen LogP contribution in [0.2, 0.25) is 5.02 Å². The molecule has 0 radical (unpaired) electrons. The molecule has 0 saturated carbocycles. The second kappa shape index (κ2) is 9.25. The zero-order valence-electron chi connectivity index (χ0n) is 17.9. The van der Waals surface area contributed by atoms with Crippen molar-refractivity contribution in [1.82, 2.24) is 0 Å². The summed E-state index contributed by atoms with van der Waals surface area (Å²) in [5.41, 5.74) is 1.06. The van der Waals surface area contributed by atoms with Gasteiger partial charge in [0.05, 0.1) is 35.1 Å². The zero-order chi connectivity index (χ0) is 23.6. The van der Waals surface area contributed by atoms with Crippen LogP contribution in [0.3, 0.4) is 0 Å². The van der Waals surface area contributed by atoms with Crippen LogP contribution >= 0.6 is 11.6 Å². The summed E-state index contributed by atoms with van der Waals surface area (Å²) in [7, 11) is -0.995. The Labute approximate surface area is 190 Å². The summed E-state index contributed by atoms with van der Waals surface area (Å²) in [6.45, 7) is 2.87. The minimum absolute atomic E-state index is 0.0350. The first-order valence-corrected chi connectivity index (χ1v) is 11.5. The first-order valence-electron chi connectivity index (χ1n) is 9.59. The Bertz CT molecular complexity index is 1180. The fraction of sp³-hybridized carbons (Fsp3) is 0.333. The molecular weight excluding hydrogens is 460 g/mol. The standard InChI is InChI=1S/C21H23ClN2O7S/c1-11-5-15-16(31-10-20(26)23-15)9-18(11)32(27,28)12(2)6-19(25)24-21-14(22)7-13(29-3)8-17(21)30-4/h5,7-9,12H,6,10H2,1-4H3,(H,23,26)(H,24,25)/t12-/m1/s1. The lowest BCUT2D eigenvalue weighted by molar-refractivity contribution is -0.118. The second-order valence-electron chi connectivity index (χ2n) is 7.25. The van der Waals surface area contributed by atoms with Gasteiger partial charge in [0.1, 0.15) is 22.9 Å². The Morgan fingerprint density at radius 3 is 2.62 bits per heavy atom. The molecule has 9 nitrogen and oxygen atoms in total. The Hall–Kier alpha value is -2.98. The van der Waals surface area contributed by atoms with Gasteiger partial charge in [0.15, 0.2) is 16.4 Å². The van der Waals surface area contributed by atoms with Crippen LogP contribution in [-0.2, 0) is 19.4 Å². The summed E-state index contributed by atoms with van der Waals surface area (Å²) >= 11 is 6.22. The Morgan fingerprint density at radius 2 is 1.97 bits per heavy atom. The molecule has 2 amide bonds. The van der Waals surface area contributed by atoms with Gasteiger partial charge in [-0.15, -0.1) is 0 Å². The Morgan fingerprint density at radius 1 is 1.25 bits per heavy atom. The average Bonchev–Trinajstić information content (AvgIpc) is 2.74. The van der Waals surface area contributed by atoms with Gasteiger partial charge >= 0.3 is 0 Å². The number of anilines is 2. The minimum Gasteiger partial charge on any atom is -0.497 e. The maximum Gasteiger partial charge on any atom is 0.262 e. The van der Waals surface area contributed by atoms with Crippen LogP contribution in [0.15, 0.2) is 29.2 Å². The van der Waals surface area contributed by atoms with Crippen LogP contribution in [0.5, 0.6) is 17.2 Å². The minimum atomic E-state index is -3.88. The van der Waals surface area contributed by atoms with E-state index in [4.69, 9.17) is 25.8 Å². The lowest BCUT2D eigenvalue weighted by atomic mass is 10.2. The molecule has 1 heterocycles. The maximum atomic E-state index is 13.2. The van der Waals surface area contributed by atoms with E-state index in [0.29, 0.717) is 17.0 Å². The van der Waals surface area contributed by atoms with Crippen molar-refractivity contribution in [1.29, 1.82) is 0 Å². The summed E-state index contributed by atoms with van der Waals surface area (Å²) in [6.07, 6.45) is -0.317. The number of benzene rings is 2. The highest BCUT2D eigenvalue weighted by Gasteiger charge is 2.30. The van der Waals surface area contributed by atoms with E-state index in [0.717, 1.165) is 0 Å². The van der Waals surface area contributed by atoms with E-state index in [2.05, 4.69) is 10.6 Å². The third kappa shape index (κ3) is 4.76. The molecule has 32 heavy (non-hydrogen) atoms. The number of fused-ring (bicyclic) bond motifs is 1. The molecule has 0 fully saturated rings. The monoisotopic (exact) mass is 482 g/mol. The molecule has 0 aromatic heterocycles. The van der Waals surface area contributed by atoms with E-state index in [9.17, 15) is 18.0 Å². The van der Waals surface area contributed by atoms with E-state index in [1.54, 1.807) is 13.0 Å². The van der Waals surface area contributed by atoms with Crippen LogP contribution in [0.4, 0.5) is 11.4 Å². The van der Waals surface area contributed by atoms with Crippen molar-refractivity contribution in [3.63, 3.8) is 0 Å². The quantitative estimate of drug-likeness (QED) is 0.621. The predicted molar refractivity (Wildman–Crippen MR) is 120 cm³/mol. The molecule has 3 rings (SSSR count). The number of carbonyl (C=O) groups is 2. The van der Waals surface area contributed by atoms with Gasteiger partial charge in [-0.05, 0) is 25.5 Å². The van der Waals surface area contributed by atoms with E-state index in [1.807, 2.05) is 0 Å². The van der Waals surface area contributed by atoms with Crippen LogP contribution in [0.1, 0.15) is 18.9 Å². The number of halogens is 1. The molecule has 2 aromatic carbocycles. The van der Waals surface area contributed by atoms with Crippen molar-refractivity contribution in [2.45, 2.75) is 30.4 Å². The molecule has 2 aromatic rings. The Kier molecular flexibility index (Phi) is 6.85. The molecule has 0 bridgehead atoms. The molecule has 1 aliphatic heterocycles. The topological polar surface area (TPSA) is 120 Å². The number of hydrogen-bond acceptors (Lipinski definition) is 7. The van der Waals surface area contributed by atoms with Gasteiger partial charge in [-0.2, -0.15) is 0 Å². The third-order valence-electron chi connectivity index (χ3n) is 4.97. The van der Waals surface area contributed by atoms with Gasteiger partial charge in [-0.3, -0.25) is 9.59 Å². The molecule has 0 unspecified atom stereocenters. The van der Waals surface area contributed by atoms with Gasteiger partial charge in [0.2, 0.25) is 5.91 Å². The van der Waals surface area contributed by atoms with E-state index < -0.39 is 21.0 Å². The lowest BCUT2D eigenvalue weighted by Gasteiger charge is -2.21. The number of methoxy groups -OCH3 is 2. The van der Waals surface area contributed by atoms with Crippen LogP contribution < -0.4 is 24.8 Å². The zero-order valence-corrected chi connectivity index (χ0v) is 19.5. The van der Waals surface area contributed by atoms with Gasteiger partial charge in [-0.25, -0.2) is 8.42 Å².